The Morgan fingerprint density at radius 1 is 1.40 bits per heavy atom. The average Bonchev–Trinajstić information content (AvgIpc) is 2.43. The summed E-state index contributed by atoms with van der Waals surface area (Å²) >= 11 is 0. The molecule has 0 spiro atoms. The molecule has 0 aliphatic carbocycles. The number of anilines is 1. The SMILES string of the molecule is CCOc1cc(F)ccc1NC(C)C1CCN(C)CC1. The van der Waals surface area contributed by atoms with Gasteiger partial charge in [-0.05, 0) is 64.9 Å². The van der Waals surface area contributed by atoms with Crippen molar-refractivity contribution in [3.05, 3.63) is 24.0 Å². The van der Waals surface area contributed by atoms with Gasteiger partial charge < -0.3 is 15.0 Å². The maximum atomic E-state index is 13.3. The van der Waals surface area contributed by atoms with E-state index >= 15 is 0 Å². The molecule has 4 heteroatoms. The lowest BCUT2D eigenvalue weighted by Gasteiger charge is -2.33. The van der Waals surface area contributed by atoms with Gasteiger partial charge in [0.1, 0.15) is 11.6 Å². The minimum atomic E-state index is -0.258. The summed E-state index contributed by atoms with van der Waals surface area (Å²) in [5, 5.41) is 3.50. The van der Waals surface area contributed by atoms with Crippen molar-refractivity contribution in [3.8, 4) is 5.75 Å². The second-order valence-corrected chi connectivity index (χ2v) is 5.65. The summed E-state index contributed by atoms with van der Waals surface area (Å²) in [6, 6.07) is 5.07. The molecule has 1 heterocycles. The normalized spacial score (nSPS) is 18.8. The van der Waals surface area contributed by atoms with Crippen molar-refractivity contribution in [2.45, 2.75) is 32.7 Å². The number of rotatable bonds is 5. The van der Waals surface area contributed by atoms with Crippen LogP contribution in [0, 0.1) is 11.7 Å². The third-order valence-electron chi connectivity index (χ3n) is 4.10. The van der Waals surface area contributed by atoms with Gasteiger partial charge in [-0.3, -0.25) is 0 Å². The molecule has 1 unspecified atom stereocenters. The Morgan fingerprint density at radius 3 is 2.75 bits per heavy atom. The minimum absolute atomic E-state index is 0.258. The Labute approximate surface area is 121 Å². The monoisotopic (exact) mass is 280 g/mol. The van der Waals surface area contributed by atoms with Crippen molar-refractivity contribution in [1.82, 2.24) is 4.90 Å². The zero-order valence-corrected chi connectivity index (χ0v) is 12.7. The molecule has 0 amide bonds. The molecule has 1 atom stereocenters. The third-order valence-corrected chi connectivity index (χ3v) is 4.10. The van der Waals surface area contributed by atoms with Gasteiger partial charge >= 0.3 is 0 Å². The van der Waals surface area contributed by atoms with Crippen molar-refractivity contribution in [2.24, 2.45) is 5.92 Å². The van der Waals surface area contributed by atoms with Crippen LogP contribution in [0.4, 0.5) is 10.1 Å². The van der Waals surface area contributed by atoms with Gasteiger partial charge in [-0.25, -0.2) is 4.39 Å². The summed E-state index contributed by atoms with van der Waals surface area (Å²) in [5.41, 5.74) is 0.889. The topological polar surface area (TPSA) is 24.5 Å². The average molecular weight is 280 g/mol. The number of nitrogens with zero attached hydrogens (tertiary/aromatic N) is 1. The molecular weight excluding hydrogens is 255 g/mol. The summed E-state index contributed by atoms with van der Waals surface area (Å²) in [6.07, 6.45) is 2.41. The Hall–Kier alpha value is -1.29. The number of hydrogen-bond acceptors (Lipinski definition) is 3. The fourth-order valence-electron chi connectivity index (χ4n) is 2.78. The second kappa shape index (κ2) is 6.93. The lowest BCUT2D eigenvalue weighted by molar-refractivity contribution is 0.208. The van der Waals surface area contributed by atoms with Gasteiger partial charge in [0, 0.05) is 12.1 Å². The Morgan fingerprint density at radius 2 is 2.10 bits per heavy atom. The van der Waals surface area contributed by atoms with E-state index in [1.54, 1.807) is 6.07 Å². The van der Waals surface area contributed by atoms with Gasteiger partial charge in [0.05, 0.1) is 12.3 Å². The van der Waals surface area contributed by atoms with Crippen molar-refractivity contribution in [3.63, 3.8) is 0 Å². The van der Waals surface area contributed by atoms with Crippen LogP contribution in [0.25, 0.3) is 0 Å². The number of nitrogens with one attached hydrogen (secondary N) is 1. The molecule has 1 N–H and O–H groups in total. The van der Waals surface area contributed by atoms with E-state index < -0.39 is 0 Å². The fourth-order valence-corrected chi connectivity index (χ4v) is 2.78. The zero-order chi connectivity index (χ0) is 14.5. The van der Waals surface area contributed by atoms with Crippen LogP contribution in [0.2, 0.25) is 0 Å². The van der Waals surface area contributed by atoms with E-state index in [2.05, 4.69) is 24.2 Å². The van der Waals surface area contributed by atoms with Gasteiger partial charge in [-0.15, -0.1) is 0 Å². The fraction of sp³-hybridized carbons (Fsp3) is 0.625. The number of benzene rings is 1. The predicted molar refractivity (Wildman–Crippen MR) is 80.9 cm³/mol. The van der Waals surface area contributed by atoms with Gasteiger partial charge in [0.15, 0.2) is 0 Å². The second-order valence-electron chi connectivity index (χ2n) is 5.65. The van der Waals surface area contributed by atoms with E-state index in [0.717, 1.165) is 18.8 Å². The van der Waals surface area contributed by atoms with Gasteiger partial charge in [-0.2, -0.15) is 0 Å². The van der Waals surface area contributed by atoms with E-state index in [9.17, 15) is 4.39 Å². The Kier molecular flexibility index (Phi) is 5.24. The van der Waals surface area contributed by atoms with Crippen LogP contribution in [0.3, 0.4) is 0 Å². The molecule has 1 aromatic rings. The molecule has 1 aromatic carbocycles. The molecule has 1 aliphatic rings. The van der Waals surface area contributed by atoms with E-state index in [-0.39, 0.29) is 5.82 Å². The van der Waals surface area contributed by atoms with Crippen molar-refractivity contribution < 1.29 is 9.13 Å². The molecule has 1 aliphatic heterocycles. The lowest BCUT2D eigenvalue weighted by Crippen LogP contribution is -2.37. The van der Waals surface area contributed by atoms with E-state index in [1.807, 2.05) is 6.92 Å². The maximum Gasteiger partial charge on any atom is 0.145 e. The highest BCUT2D eigenvalue weighted by atomic mass is 19.1. The highest BCUT2D eigenvalue weighted by molar-refractivity contribution is 5.57. The molecule has 1 saturated heterocycles. The molecular formula is C16H25FN2O. The Balaban J connectivity index is 2.01. The first-order valence-electron chi connectivity index (χ1n) is 7.47. The first-order valence-corrected chi connectivity index (χ1v) is 7.47. The summed E-state index contributed by atoms with van der Waals surface area (Å²) in [5.74, 6) is 1.00. The van der Waals surface area contributed by atoms with Crippen LogP contribution < -0.4 is 10.1 Å². The van der Waals surface area contributed by atoms with Crippen molar-refractivity contribution in [2.75, 3.05) is 32.1 Å². The number of piperidine rings is 1. The largest absolute Gasteiger partial charge is 0.492 e. The molecule has 20 heavy (non-hydrogen) atoms. The molecule has 0 bridgehead atoms. The molecule has 0 aromatic heterocycles. The van der Waals surface area contributed by atoms with Crippen molar-refractivity contribution in [1.29, 1.82) is 0 Å². The molecule has 0 saturated carbocycles. The van der Waals surface area contributed by atoms with Gasteiger partial charge in [0.2, 0.25) is 0 Å². The van der Waals surface area contributed by atoms with Crippen LogP contribution in [0.15, 0.2) is 18.2 Å². The molecule has 1 fully saturated rings. The first-order chi connectivity index (χ1) is 9.60. The molecule has 0 radical (unpaired) electrons. The highest BCUT2D eigenvalue weighted by Crippen LogP contribution is 2.29. The van der Waals surface area contributed by atoms with Gasteiger partial charge in [-0.1, -0.05) is 0 Å². The van der Waals surface area contributed by atoms with Crippen LogP contribution in [-0.4, -0.2) is 37.7 Å². The summed E-state index contributed by atoms with van der Waals surface area (Å²) in [7, 11) is 2.17. The quantitative estimate of drug-likeness (QED) is 0.895. The molecule has 2 rings (SSSR count). The van der Waals surface area contributed by atoms with Crippen LogP contribution in [-0.2, 0) is 0 Å². The van der Waals surface area contributed by atoms with E-state index in [4.69, 9.17) is 4.74 Å². The number of ether oxygens (including phenoxy) is 1. The summed E-state index contributed by atoms with van der Waals surface area (Å²) in [6.45, 7) is 6.96. The van der Waals surface area contributed by atoms with Crippen LogP contribution in [0.5, 0.6) is 5.75 Å². The first kappa shape index (κ1) is 15.1. The predicted octanol–water partition coefficient (Wildman–Crippen LogP) is 3.37. The molecule has 3 nitrogen and oxygen atoms in total. The number of likely N-dealkylation sites (tertiary alicyclic amines) is 1. The van der Waals surface area contributed by atoms with Gasteiger partial charge in [0.25, 0.3) is 0 Å². The lowest BCUT2D eigenvalue weighted by atomic mass is 9.90. The maximum absolute atomic E-state index is 13.3. The van der Waals surface area contributed by atoms with E-state index in [1.165, 1.54) is 25.0 Å². The van der Waals surface area contributed by atoms with Crippen LogP contribution >= 0.6 is 0 Å². The zero-order valence-electron chi connectivity index (χ0n) is 12.7. The standard InChI is InChI=1S/C16H25FN2O/c1-4-20-16-11-14(17)5-6-15(16)18-12(2)13-7-9-19(3)10-8-13/h5-6,11-13,18H,4,7-10H2,1-3H3. The Bertz CT molecular complexity index is 430. The number of hydrogen-bond donors (Lipinski definition) is 1. The third kappa shape index (κ3) is 3.85. The van der Waals surface area contributed by atoms with E-state index in [0.29, 0.717) is 24.3 Å². The highest BCUT2D eigenvalue weighted by Gasteiger charge is 2.22. The minimum Gasteiger partial charge on any atom is -0.492 e. The van der Waals surface area contributed by atoms with Crippen LogP contribution in [0.1, 0.15) is 26.7 Å². The summed E-state index contributed by atoms with van der Waals surface area (Å²) < 4.78 is 18.8. The molecule has 112 valence electrons. The number of halogens is 1. The summed E-state index contributed by atoms with van der Waals surface area (Å²) in [4.78, 5) is 2.37. The van der Waals surface area contributed by atoms with Crippen molar-refractivity contribution >= 4 is 5.69 Å². The smallest absolute Gasteiger partial charge is 0.145 e.